The van der Waals surface area contributed by atoms with Gasteiger partial charge in [-0.3, -0.25) is 0 Å². The molecule has 15 heavy (non-hydrogen) atoms. The van der Waals surface area contributed by atoms with Crippen LogP contribution in [0.2, 0.25) is 0 Å². The van der Waals surface area contributed by atoms with Crippen molar-refractivity contribution in [3.05, 3.63) is 12.0 Å². The monoisotopic (exact) mass is 222 g/mol. The summed E-state index contributed by atoms with van der Waals surface area (Å²) in [5, 5.41) is 20.5. The van der Waals surface area contributed by atoms with E-state index in [0.717, 1.165) is 6.08 Å². The summed E-state index contributed by atoms with van der Waals surface area (Å²) in [4.78, 5) is 1.35. The third-order valence-corrected chi connectivity index (χ3v) is 1.71. The van der Waals surface area contributed by atoms with Gasteiger partial charge in [-0.1, -0.05) is 4.48 Å². The number of aliphatic hydroxyl groups is 2. The molecule has 0 aromatic rings. The summed E-state index contributed by atoms with van der Waals surface area (Å²) < 4.78 is 25.4. The van der Waals surface area contributed by atoms with Gasteiger partial charge in [0.2, 0.25) is 5.95 Å². The number of rotatable bonds is 4. The van der Waals surface area contributed by atoms with Gasteiger partial charge in [-0.05, 0) is 5.34 Å². The van der Waals surface area contributed by atoms with Crippen LogP contribution in [0, 0.1) is 0 Å². The molecule has 0 aromatic heterocycles. The second kappa shape index (κ2) is 5.47. The van der Waals surface area contributed by atoms with Crippen molar-refractivity contribution in [1.82, 2.24) is 15.7 Å². The molecule has 1 rings (SSSR count). The number of amidine groups is 1. The molecule has 0 atom stereocenters. The maximum Gasteiger partial charge on any atom is 0.212 e. The highest BCUT2D eigenvalue weighted by Gasteiger charge is 2.17. The molecule has 0 spiro atoms. The Morgan fingerprint density at radius 3 is 2.47 bits per heavy atom. The van der Waals surface area contributed by atoms with Gasteiger partial charge < -0.3 is 15.1 Å². The van der Waals surface area contributed by atoms with Crippen LogP contribution < -0.4 is 5.43 Å². The molecule has 8 heteroatoms. The molecule has 0 radical (unpaired) electrons. The maximum atomic E-state index is 12.8. The zero-order chi connectivity index (χ0) is 11.3. The van der Waals surface area contributed by atoms with Crippen molar-refractivity contribution in [2.24, 2.45) is 5.10 Å². The molecular formula is C7H12F2N4O2. The Kier molecular flexibility index (Phi) is 4.25. The van der Waals surface area contributed by atoms with Gasteiger partial charge >= 0.3 is 0 Å². The van der Waals surface area contributed by atoms with E-state index < -0.39 is 5.95 Å². The molecule has 1 aliphatic rings. The van der Waals surface area contributed by atoms with E-state index in [9.17, 15) is 8.87 Å². The van der Waals surface area contributed by atoms with Crippen LogP contribution in [0.3, 0.4) is 0 Å². The first kappa shape index (κ1) is 11.7. The summed E-state index contributed by atoms with van der Waals surface area (Å²) in [5.74, 6) is -0.903. The third kappa shape index (κ3) is 3.33. The minimum Gasteiger partial charge on any atom is -0.395 e. The predicted molar refractivity (Wildman–Crippen MR) is 48.5 cm³/mol. The van der Waals surface area contributed by atoms with Gasteiger partial charge in [0, 0.05) is 19.2 Å². The number of nitrogens with zero attached hydrogens (tertiary/aromatic N) is 3. The van der Waals surface area contributed by atoms with Crippen molar-refractivity contribution >= 4 is 5.84 Å². The first-order valence-corrected chi connectivity index (χ1v) is 4.32. The Balaban J connectivity index is 2.73. The van der Waals surface area contributed by atoms with E-state index in [1.165, 1.54) is 4.90 Å². The highest BCUT2D eigenvalue weighted by molar-refractivity contribution is 5.93. The lowest BCUT2D eigenvalue weighted by Crippen LogP contribution is -2.40. The number of hydrazone groups is 1. The van der Waals surface area contributed by atoms with Gasteiger partial charge in [0.25, 0.3) is 0 Å². The fourth-order valence-corrected chi connectivity index (χ4v) is 1.11. The van der Waals surface area contributed by atoms with E-state index in [1.54, 1.807) is 5.43 Å². The summed E-state index contributed by atoms with van der Waals surface area (Å²) in [6.45, 7) is -0.129. The molecular weight excluding hydrogens is 210 g/mol. The van der Waals surface area contributed by atoms with E-state index in [1.807, 2.05) is 0 Å². The molecule has 3 N–H and O–H groups in total. The predicted octanol–water partition coefficient (Wildman–Crippen LogP) is -0.898. The molecule has 0 aliphatic carbocycles. The highest BCUT2D eigenvalue weighted by Crippen LogP contribution is 2.06. The number of nitrogens with one attached hydrogen (secondary N) is 1. The molecule has 0 aromatic carbocycles. The lowest BCUT2D eigenvalue weighted by Gasteiger charge is -2.25. The van der Waals surface area contributed by atoms with Crippen molar-refractivity contribution in [1.29, 1.82) is 0 Å². The highest BCUT2D eigenvalue weighted by atomic mass is 19.2. The lowest BCUT2D eigenvalue weighted by molar-refractivity contribution is -0.0297. The van der Waals surface area contributed by atoms with Gasteiger partial charge in [0.05, 0.1) is 13.2 Å². The van der Waals surface area contributed by atoms with E-state index in [4.69, 9.17) is 10.2 Å². The number of halogens is 2. The Hall–Kier alpha value is -1.41. The molecule has 86 valence electrons. The van der Waals surface area contributed by atoms with Crippen LogP contribution in [0.15, 0.2) is 17.1 Å². The zero-order valence-corrected chi connectivity index (χ0v) is 7.90. The minimum absolute atomic E-state index is 0.00292. The van der Waals surface area contributed by atoms with Crippen molar-refractivity contribution in [2.45, 2.75) is 0 Å². The Labute approximate surface area is 85.0 Å². The first-order chi connectivity index (χ1) is 7.17. The van der Waals surface area contributed by atoms with Crippen molar-refractivity contribution in [2.75, 3.05) is 26.3 Å². The fourth-order valence-electron chi connectivity index (χ4n) is 1.11. The Morgan fingerprint density at radius 1 is 1.40 bits per heavy atom. The molecule has 0 unspecified atom stereocenters. The molecule has 0 fully saturated rings. The van der Waals surface area contributed by atoms with Gasteiger partial charge in [-0.25, -0.2) is 5.43 Å². The smallest absolute Gasteiger partial charge is 0.212 e. The molecule has 0 saturated heterocycles. The van der Waals surface area contributed by atoms with E-state index >= 15 is 0 Å². The molecule has 0 bridgehead atoms. The second-order valence-electron chi connectivity index (χ2n) is 2.76. The minimum atomic E-state index is -0.900. The van der Waals surface area contributed by atoms with Crippen LogP contribution in [-0.4, -0.2) is 52.6 Å². The van der Waals surface area contributed by atoms with Gasteiger partial charge in [0.15, 0.2) is 5.84 Å². The molecule has 1 heterocycles. The maximum absolute atomic E-state index is 12.8. The van der Waals surface area contributed by atoms with Crippen LogP contribution in [-0.2, 0) is 0 Å². The van der Waals surface area contributed by atoms with Crippen LogP contribution in [0.5, 0.6) is 0 Å². The summed E-state index contributed by atoms with van der Waals surface area (Å²) in [6.07, 6.45) is 0.974. The Morgan fingerprint density at radius 2 is 2.00 bits per heavy atom. The number of hydrogen-bond donors (Lipinski definition) is 3. The van der Waals surface area contributed by atoms with Gasteiger partial charge in [-0.2, -0.15) is 4.39 Å². The summed E-state index contributed by atoms with van der Waals surface area (Å²) >= 11 is 0. The summed E-state index contributed by atoms with van der Waals surface area (Å²) in [7, 11) is 0. The van der Waals surface area contributed by atoms with Crippen molar-refractivity contribution in [3.63, 3.8) is 0 Å². The first-order valence-electron chi connectivity index (χ1n) is 4.32. The van der Waals surface area contributed by atoms with Crippen molar-refractivity contribution < 1.29 is 19.1 Å². The molecule has 1 aliphatic heterocycles. The van der Waals surface area contributed by atoms with Crippen LogP contribution in [0.4, 0.5) is 8.87 Å². The largest absolute Gasteiger partial charge is 0.395 e. The number of hydrazine groups is 1. The number of aliphatic hydroxyl groups excluding tert-OH is 2. The zero-order valence-electron chi connectivity index (χ0n) is 7.90. The standard InChI is InChI=1S/C7H12F2N4O2/c8-6-5-7(11-13(9)10-6)12(1-3-14)2-4-15/h5,10,14-15H,1-4H2. The fraction of sp³-hybridized carbons (Fsp3) is 0.571. The average molecular weight is 222 g/mol. The quantitative estimate of drug-likeness (QED) is 0.425. The molecule has 0 saturated carbocycles. The third-order valence-electron chi connectivity index (χ3n) is 1.71. The summed E-state index contributed by atoms with van der Waals surface area (Å²) in [6, 6.07) is 0. The van der Waals surface area contributed by atoms with Crippen LogP contribution >= 0.6 is 0 Å². The average Bonchev–Trinajstić information content (AvgIpc) is 2.16. The van der Waals surface area contributed by atoms with E-state index in [0.29, 0.717) is 0 Å². The molecule has 0 amide bonds. The lowest BCUT2D eigenvalue weighted by atomic mass is 10.4. The van der Waals surface area contributed by atoms with Gasteiger partial charge in [0.1, 0.15) is 0 Å². The van der Waals surface area contributed by atoms with Crippen molar-refractivity contribution in [3.8, 4) is 0 Å². The summed E-state index contributed by atoms with van der Waals surface area (Å²) in [5.41, 5.74) is 1.67. The molecule has 6 nitrogen and oxygen atoms in total. The normalized spacial score (nSPS) is 15.6. The van der Waals surface area contributed by atoms with Crippen LogP contribution in [0.1, 0.15) is 0 Å². The van der Waals surface area contributed by atoms with Gasteiger partial charge in [-0.15, -0.1) is 5.10 Å². The SMILES string of the molecule is OCCN(CCO)C1=NN(F)NC(F)=C1. The topological polar surface area (TPSA) is 71.3 Å². The van der Waals surface area contributed by atoms with E-state index in [2.05, 4.69) is 5.10 Å². The van der Waals surface area contributed by atoms with E-state index in [-0.39, 0.29) is 37.5 Å². The second-order valence-corrected chi connectivity index (χ2v) is 2.76. The number of hydrogen-bond acceptors (Lipinski definition) is 6. The Bertz CT molecular complexity index is 266. The van der Waals surface area contributed by atoms with Crippen LogP contribution in [0.25, 0.3) is 0 Å².